The van der Waals surface area contributed by atoms with Crippen LogP contribution in [-0.4, -0.2) is 11.5 Å². The molecule has 0 amide bonds. The van der Waals surface area contributed by atoms with Gasteiger partial charge in [-0.2, -0.15) is 0 Å². The van der Waals surface area contributed by atoms with Crippen molar-refractivity contribution in [3.63, 3.8) is 0 Å². The average Bonchev–Trinajstić information content (AvgIpc) is 3.00. The van der Waals surface area contributed by atoms with Crippen molar-refractivity contribution in [2.45, 2.75) is 13.8 Å². The van der Waals surface area contributed by atoms with Crippen LogP contribution >= 0.6 is 0 Å². The van der Waals surface area contributed by atoms with Gasteiger partial charge in [-0.3, -0.25) is 0 Å². The first-order valence-corrected chi connectivity index (χ1v) is 13.5. The fourth-order valence-corrected chi connectivity index (χ4v) is 4.59. The summed E-state index contributed by atoms with van der Waals surface area (Å²) in [5.41, 5.74) is 10.5. The molecule has 0 aliphatic heterocycles. The van der Waals surface area contributed by atoms with E-state index in [2.05, 4.69) is 81.0 Å². The highest BCUT2D eigenvalue weighted by atomic mass is 14.9. The van der Waals surface area contributed by atoms with E-state index >= 15 is 0 Å². The third kappa shape index (κ3) is 7.03. The molecule has 41 heavy (non-hydrogen) atoms. The zero-order chi connectivity index (χ0) is 29.2. The lowest BCUT2D eigenvalue weighted by atomic mass is 9.98. The van der Waals surface area contributed by atoms with E-state index in [4.69, 9.17) is 9.98 Å². The number of rotatable bonds is 10. The molecule has 0 spiro atoms. The third-order valence-corrected chi connectivity index (χ3v) is 6.70. The zero-order valence-corrected chi connectivity index (χ0v) is 23.8. The highest BCUT2D eigenvalue weighted by Gasteiger charge is 2.11. The van der Waals surface area contributed by atoms with Crippen LogP contribution in [0.15, 0.2) is 163 Å². The molecule has 1 N–H and O–H groups in total. The van der Waals surface area contributed by atoms with E-state index in [0.29, 0.717) is 11.5 Å². The lowest BCUT2D eigenvalue weighted by Gasteiger charge is -2.15. The first-order chi connectivity index (χ1) is 19.9. The Kier molecular flexibility index (Phi) is 9.58. The van der Waals surface area contributed by atoms with Crippen molar-refractivity contribution in [3.8, 4) is 11.1 Å². The van der Waals surface area contributed by atoms with E-state index < -0.39 is 0 Å². The van der Waals surface area contributed by atoms with E-state index in [9.17, 15) is 0 Å². The number of nitrogens with one attached hydrogen (secondary N) is 1. The van der Waals surface area contributed by atoms with Crippen molar-refractivity contribution in [1.82, 2.24) is 0 Å². The number of aryl methyl sites for hydroxylation is 1. The molecule has 0 aromatic heterocycles. The number of amidine groups is 1. The second-order valence-corrected chi connectivity index (χ2v) is 9.50. The molecule has 0 saturated heterocycles. The van der Waals surface area contributed by atoms with Gasteiger partial charge >= 0.3 is 0 Å². The van der Waals surface area contributed by atoms with Gasteiger partial charge in [-0.1, -0.05) is 129 Å². The van der Waals surface area contributed by atoms with Crippen molar-refractivity contribution in [1.29, 1.82) is 0 Å². The summed E-state index contributed by atoms with van der Waals surface area (Å²) in [5, 5.41) is 3.62. The van der Waals surface area contributed by atoms with Gasteiger partial charge in [0.15, 0.2) is 5.84 Å². The van der Waals surface area contributed by atoms with Crippen LogP contribution in [0.5, 0.6) is 0 Å². The first-order valence-electron chi connectivity index (χ1n) is 13.5. The van der Waals surface area contributed by atoms with Crippen LogP contribution < -0.4 is 5.32 Å². The minimum atomic E-state index is 0.556. The van der Waals surface area contributed by atoms with E-state index in [1.54, 1.807) is 12.2 Å². The predicted molar refractivity (Wildman–Crippen MR) is 179 cm³/mol. The van der Waals surface area contributed by atoms with Crippen molar-refractivity contribution < 1.29 is 0 Å². The summed E-state index contributed by atoms with van der Waals surface area (Å²) in [4.78, 5) is 9.89. The molecular weight excluding hydrogens is 498 g/mol. The van der Waals surface area contributed by atoms with Crippen LogP contribution in [0.2, 0.25) is 0 Å². The van der Waals surface area contributed by atoms with E-state index in [1.807, 2.05) is 73.7 Å². The van der Waals surface area contributed by atoms with Crippen molar-refractivity contribution >= 4 is 29.0 Å². The molecule has 0 atom stereocenters. The first kappa shape index (κ1) is 28.7. The van der Waals surface area contributed by atoms with Crippen LogP contribution in [0.1, 0.15) is 29.2 Å². The number of hydrogen-bond acceptors (Lipinski definition) is 2. The van der Waals surface area contributed by atoms with Gasteiger partial charge < -0.3 is 5.32 Å². The number of nitrogens with zero attached hydrogens (tertiary/aromatic N) is 2. The van der Waals surface area contributed by atoms with E-state index in [0.717, 1.165) is 56.0 Å². The SMILES string of the molecule is C=C/C=C(\C=C)C(=C)N=C(N=C(C)c1ccccc1C)c1cccc(Nc2ccccc2-c2ccccc2C=C)c1. The van der Waals surface area contributed by atoms with Gasteiger partial charge in [-0.25, -0.2) is 9.98 Å². The van der Waals surface area contributed by atoms with E-state index in [-0.39, 0.29) is 0 Å². The van der Waals surface area contributed by atoms with E-state index in [1.165, 1.54) is 0 Å². The van der Waals surface area contributed by atoms with Crippen LogP contribution in [0.4, 0.5) is 11.4 Å². The Bertz CT molecular complexity index is 1700. The van der Waals surface area contributed by atoms with Crippen LogP contribution in [0.3, 0.4) is 0 Å². The van der Waals surface area contributed by atoms with Crippen molar-refractivity contribution in [3.05, 3.63) is 175 Å². The fraction of sp³-hybridized carbons (Fsp3) is 0.0526. The quantitative estimate of drug-likeness (QED) is 0.123. The topological polar surface area (TPSA) is 36.8 Å². The molecule has 0 aliphatic carbocycles. The largest absolute Gasteiger partial charge is 0.355 e. The molecular formula is C38H35N3. The number of anilines is 2. The summed E-state index contributed by atoms with van der Waals surface area (Å²) in [7, 11) is 0. The van der Waals surface area contributed by atoms with Crippen LogP contribution in [0, 0.1) is 6.92 Å². The minimum absolute atomic E-state index is 0.556. The number of aliphatic imine (C=N–C) groups is 2. The number of allylic oxidation sites excluding steroid dienone is 3. The second-order valence-electron chi connectivity index (χ2n) is 9.50. The smallest absolute Gasteiger partial charge is 0.160 e. The Morgan fingerprint density at radius 1 is 0.780 bits per heavy atom. The Morgan fingerprint density at radius 2 is 1.49 bits per heavy atom. The van der Waals surface area contributed by atoms with Gasteiger partial charge in [0, 0.05) is 28.2 Å². The zero-order valence-electron chi connectivity index (χ0n) is 23.8. The molecule has 3 heteroatoms. The highest BCUT2D eigenvalue weighted by molar-refractivity contribution is 6.12. The minimum Gasteiger partial charge on any atom is -0.355 e. The maximum Gasteiger partial charge on any atom is 0.160 e. The Morgan fingerprint density at radius 3 is 2.22 bits per heavy atom. The molecule has 0 radical (unpaired) electrons. The average molecular weight is 534 g/mol. The lowest BCUT2D eigenvalue weighted by molar-refractivity contribution is 1.33. The van der Waals surface area contributed by atoms with Gasteiger partial charge in [0.25, 0.3) is 0 Å². The normalized spacial score (nSPS) is 12.0. The number of hydrogen-bond donors (Lipinski definition) is 1. The Hall–Kier alpha value is -5.28. The second kappa shape index (κ2) is 13.7. The molecule has 4 rings (SSSR count). The summed E-state index contributed by atoms with van der Waals surface area (Å²) < 4.78 is 0. The maximum atomic E-state index is 5.01. The molecule has 0 fully saturated rings. The van der Waals surface area contributed by atoms with Gasteiger partial charge in [0.05, 0.1) is 5.70 Å². The molecule has 0 bridgehead atoms. The summed E-state index contributed by atoms with van der Waals surface area (Å²) in [6, 6.07) is 32.8. The van der Waals surface area contributed by atoms with Gasteiger partial charge in [-0.05, 0) is 59.9 Å². The fourth-order valence-electron chi connectivity index (χ4n) is 4.59. The Labute approximate surface area is 244 Å². The summed E-state index contributed by atoms with van der Waals surface area (Å²) in [6.45, 7) is 20.0. The molecule has 0 heterocycles. The third-order valence-electron chi connectivity index (χ3n) is 6.70. The molecule has 4 aromatic rings. The predicted octanol–water partition coefficient (Wildman–Crippen LogP) is 10.1. The molecule has 0 aliphatic rings. The molecule has 3 nitrogen and oxygen atoms in total. The summed E-state index contributed by atoms with van der Waals surface area (Å²) in [6.07, 6.45) is 7.14. The lowest BCUT2D eigenvalue weighted by Crippen LogP contribution is -2.06. The Balaban J connectivity index is 1.78. The molecule has 0 unspecified atom stereocenters. The summed E-state index contributed by atoms with van der Waals surface area (Å²) >= 11 is 0. The highest BCUT2D eigenvalue weighted by Crippen LogP contribution is 2.33. The van der Waals surface area contributed by atoms with Crippen LogP contribution in [0.25, 0.3) is 17.2 Å². The van der Waals surface area contributed by atoms with Crippen LogP contribution in [-0.2, 0) is 0 Å². The standard InChI is InChI=1S/C38H35N3/c1-7-17-30(8-2)28(5)39-38(40-29(6)34-22-12-10-18-27(34)4)32-20-16-21-33(26-32)41-37-25-15-14-24-36(37)35-23-13-11-19-31(35)9-3/h7-26,41H,1-3,5H2,4,6H3/b30-17+,39-38?,40-29?. The van der Waals surface area contributed by atoms with Gasteiger partial charge in [-0.15, -0.1) is 0 Å². The maximum absolute atomic E-state index is 5.01. The molecule has 4 aromatic carbocycles. The molecule has 0 saturated carbocycles. The monoisotopic (exact) mass is 533 g/mol. The van der Waals surface area contributed by atoms with Gasteiger partial charge in [0.1, 0.15) is 0 Å². The van der Waals surface area contributed by atoms with Crippen molar-refractivity contribution in [2.75, 3.05) is 5.32 Å². The summed E-state index contributed by atoms with van der Waals surface area (Å²) in [5.74, 6) is 0.557. The van der Waals surface area contributed by atoms with Crippen molar-refractivity contribution in [2.24, 2.45) is 9.98 Å². The number of benzene rings is 4. The number of para-hydroxylation sites is 1. The van der Waals surface area contributed by atoms with Gasteiger partial charge in [0.2, 0.25) is 0 Å². The molecule has 202 valence electrons.